The zero-order valence-corrected chi connectivity index (χ0v) is 16.3. The Bertz CT molecular complexity index is 794. The van der Waals surface area contributed by atoms with Gasteiger partial charge in [-0.15, -0.1) is 5.10 Å². The summed E-state index contributed by atoms with van der Waals surface area (Å²) in [5.74, 6) is 2.42. The van der Waals surface area contributed by atoms with Crippen LogP contribution >= 0.6 is 8.38 Å². The minimum absolute atomic E-state index is 0.229. The van der Waals surface area contributed by atoms with Crippen LogP contribution < -0.4 is 14.4 Å². The number of fused-ring (bicyclic) bond motifs is 1. The van der Waals surface area contributed by atoms with E-state index in [1.807, 2.05) is 6.07 Å². The minimum Gasteiger partial charge on any atom is -0.480 e. The monoisotopic (exact) mass is 392 g/mol. The average molecular weight is 392 g/mol. The zero-order valence-electron chi connectivity index (χ0n) is 15.4. The predicted molar refractivity (Wildman–Crippen MR) is 103 cm³/mol. The number of piperidine rings is 1. The number of methoxy groups -OCH3 is 1. The van der Waals surface area contributed by atoms with Gasteiger partial charge in [0.1, 0.15) is 17.3 Å². The number of aromatic nitrogens is 3. The Balaban J connectivity index is 1.53. The van der Waals surface area contributed by atoms with Crippen molar-refractivity contribution >= 4 is 25.0 Å². The van der Waals surface area contributed by atoms with Gasteiger partial charge in [-0.05, 0) is 44.1 Å². The van der Waals surface area contributed by atoms with E-state index in [1.54, 1.807) is 13.3 Å². The van der Waals surface area contributed by atoms with Gasteiger partial charge in [0.2, 0.25) is 11.8 Å². The quantitative estimate of drug-likeness (QED) is 0.693. The highest BCUT2D eigenvalue weighted by Gasteiger charge is 2.27. The van der Waals surface area contributed by atoms with E-state index in [-0.39, 0.29) is 6.10 Å². The van der Waals surface area contributed by atoms with E-state index in [0.717, 1.165) is 61.8 Å². The first kappa shape index (κ1) is 18.6. The molecule has 1 aliphatic carbocycles. The second-order valence-corrected chi connectivity index (χ2v) is 8.43. The maximum Gasteiger partial charge on any atom is 0.247 e. The van der Waals surface area contributed by atoms with Crippen LogP contribution in [0, 0.1) is 5.92 Å². The number of hydrogen-bond acceptors (Lipinski definition) is 8. The molecule has 9 heteroatoms. The molecule has 2 aromatic rings. The van der Waals surface area contributed by atoms with Crippen LogP contribution in [0.4, 0.5) is 5.82 Å². The molecule has 0 bridgehead atoms. The Morgan fingerprint density at radius 3 is 2.63 bits per heavy atom. The van der Waals surface area contributed by atoms with Gasteiger partial charge in [-0.25, -0.2) is 0 Å². The lowest BCUT2D eigenvalue weighted by atomic mass is 9.94. The van der Waals surface area contributed by atoms with Gasteiger partial charge >= 0.3 is 0 Å². The predicted octanol–water partition coefficient (Wildman–Crippen LogP) is 2.48. The van der Waals surface area contributed by atoms with Crippen molar-refractivity contribution in [1.82, 2.24) is 15.2 Å². The van der Waals surface area contributed by atoms with E-state index in [4.69, 9.17) is 24.2 Å². The van der Waals surface area contributed by atoms with Crippen LogP contribution in [0.1, 0.15) is 32.1 Å². The van der Waals surface area contributed by atoms with Crippen molar-refractivity contribution in [3.63, 3.8) is 0 Å². The van der Waals surface area contributed by atoms with E-state index in [2.05, 4.69) is 15.1 Å². The molecule has 0 unspecified atom stereocenters. The molecule has 0 atom stereocenters. The number of ether oxygens (including phenoxy) is 2. The lowest BCUT2D eigenvalue weighted by Crippen LogP contribution is -2.34. The molecule has 4 rings (SSSR count). The van der Waals surface area contributed by atoms with Gasteiger partial charge in [-0.1, -0.05) is 0 Å². The van der Waals surface area contributed by atoms with Gasteiger partial charge in [0.25, 0.3) is 0 Å². The molecule has 146 valence electrons. The Morgan fingerprint density at radius 2 is 1.96 bits per heavy atom. The van der Waals surface area contributed by atoms with E-state index in [0.29, 0.717) is 23.8 Å². The average Bonchev–Trinajstić information content (AvgIpc) is 3.50. The SMILES string of the molecule is COc1nc(N2CCC(CCP(O)O)CC2)cc2cnnc(OC3CC3)c12. The molecule has 1 aliphatic heterocycles. The van der Waals surface area contributed by atoms with E-state index < -0.39 is 8.38 Å². The second kappa shape index (κ2) is 8.09. The third-order valence-corrected chi connectivity index (χ3v) is 5.89. The van der Waals surface area contributed by atoms with Crippen LogP contribution in [0.25, 0.3) is 10.8 Å². The lowest BCUT2D eigenvalue weighted by Gasteiger charge is -2.33. The number of nitrogens with zero attached hydrogens (tertiary/aromatic N) is 4. The first-order valence-corrected chi connectivity index (χ1v) is 10.8. The van der Waals surface area contributed by atoms with E-state index in [9.17, 15) is 0 Å². The normalized spacial score (nSPS) is 18.3. The summed E-state index contributed by atoms with van der Waals surface area (Å²) in [6, 6.07) is 2.02. The van der Waals surface area contributed by atoms with Gasteiger partial charge in [-0.3, -0.25) is 0 Å². The smallest absolute Gasteiger partial charge is 0.247 e. The maximum absolute atomic E-state index is 9.12. The third-order valence-electron chi connectivity index (χ3n) is 5.23. The summed E-state index contributed by atoms with van der Waals surface area (Å²) in [5.41, 5.74) is 0. The van der Waals surface area contributed by atoms with Crippen LogP contribution in [-0.4, -0.2) is 57.4 Å². The van der Waals surface area contributed by atoms with Crippen molar-refractivity contribution in [2.24, 2.45) is 5.92 Å². The fraction of sp³-hybridized carbons (Fsp3) is 0.611. The Hall–Kier alpha value is -1.76. The van der Waals surface area contributed by atoms with Crippen molar-refractivity contribution in [1.29, 1.82) is 0 Å². The molecule has 2 aliphatic rings. The molecular weight excluding hydrogens is 367 g/mol. The fourth-order valence-electron chi connectivity index (χ4n) is 3.52. The first-order chi connectivity index (χ1) is 13.1. The molecule has 2 N–H and O–H groups in total. The summed E-state index contributed by atoms with van der Waals surface area (Å²) in [6.07, 6.45) is 7.48. The van der Waals surface area contributed by atoms with Crippen LogP contribution in [0.5, 0.6) is 11.8 Å². The standard InChI is InChI=1S/C18H25N4O4P/c1-25-17-16-13(11-19-21-18(16)26-14-2-3-14)10-15(20-17)22-7-4-12(5-8-22)6-9-27(23)24/h10-12,14,23-24H,2-9H2,1H3. The summed E-state index contributed by atoms with van der Waals surface area (Å²) in [5, 5.41) is 9.91. The van der Waals surface area contributed by atoms with Crippen LogP contribution in [0.3, 0.4) is 0 Å². The summed E-state index contributed by atoms with van der Waals surface area (Å²) >= 11 is 0. The minimum atomic E-state index is -1.78. The van der Waals surface area contributed by atoms with Crippen molar-refractivity contribution in [2.75, 3.05) is 31.3 Å². The largest absolute Gasteiger partial charge is 0.480 e. The van der Waals surface area contributed by atoms with E-state index in [1.165, 1.54) is 0 Å². The maximum atomic E-state index is 9.12. The highest BCUT2D eigenvalue weighted by molar-refractivity contribution is 7.45. The summed E-state index contributed by atoms with van der Waals surface area (Å²) in [6.45, 7) is 1.79. The number of rotatable bonds is 7. The van der Waals surface area contributed by atoms with Crippen molar-refractivity contribution < 1.29 is 19.3 Å². The molecule has 1 saturated carbocycles. The lowest BCUT2D eigenvalue weighted by molar-refractivity contribution is 0.290. The molecule has 27 heavy (non-hydrogen) atoms. The molecule has 0 radical (unpaired) electrons. The van der Waals surface area contributed by atoms with Crippen LogP contribution in [0.15, 0.2) is 12.3 Å². The Morgan fingerprint density at radius 1 is 1.19 bits per heavy atom. The summed E-state index contributed by atoms with van der Waals surface area (Å²) in [7, 11) is -0.167. The zero-order chi connectivity index (χ0) is 18.8. The Labute approximate surface area is 159 Å². The van der Waals surface area contributed by atoms with Crippen LogP contribution in [0.2, 0.25) is 0 Å². The molecule has 0 aromatic carbocycles. The van der Waals surface area contributed by atoms with Crippen molar-refractivity contribution in [3.05, 3.63) is 12.3 Å². The molecular formula is C18H25N4O4P. The molecule has 2 aromatic heterocycles. The van der Waals surface area contributed by atoms with Gasteiger partial charge in [0, 0.05) is 24.6 Å². The highest BCUT2D eigenvalue weighted by atomic mass is 31.2. The second-order valence-electron chi connectivity index (χ2n) is 7.24. The van der Waals surface area contributed by atoms with Crippen LogP contribution in [-0.2, 0) is 0 Å². The van der Waals surface area contributed by atoms with Crippen molar-refractivity contribution in [2.45, 2.75) is 38.2 Å². The molecule has 0 amide bonds. The highest BCUT2D eigenvalue weighted by Crippen LogP contribution is 2.37. The topological polar surface area (TPSA) is 101 Å². The number of anilines is 1. The first-order valence-electron chi connectivity index (χ1n) is 9.41. The van der Waals surface area contributed by atoms with E-state index >= 15 is 0 Å². The fourth-order valence-corrected chi connectivity index (χ4v) is 4.12. The summed E-state index contributed by atoms with van der Waals surface area (Å²) < 4.78 is 11.4. The summed E-state index contributed by atoms with van der Waals surface area (Å²) in [4.78, 5) is 25.2. The van der Waals surface area contributed by atoms with Gasteiger partial charge in [0.15, 0.2) is 8.38 Å². The number of pyridine rings is 1. The van der Waals surface area contributed by atoms with Gasteiger partial charge in [0.05, 0.1) is 13.3 Å². The van der Waals surface area contributed by atoms with Crippen molar-refractivity contribution in [3.8, 4) is 11.8 Å². The molecule has 0 spiro atoms. The Kier molecular flexibility index (Phi) is 5.57. The van der Waals surface area contributed by atoms with Gasteiger partial charge < -0.3 is 24.2 Å². The molecule has 1 saturated heterocycles. The molecule has 3 heterocycles. The van der Waals surface area contributed by atoms with Gasteiger partial charge in [-0.2, -0.15) is 10.1 Å². The third kappa shape index (κ3) is 4.39. The number of hydrogen-bond donors (Lipinski definition) is 2. The molecule has 8 nitrogen and oxygen atoms in total. The molecule has 2 fully saturated rings.